The highest BCUT2D eigenvalue weighted by Gasteiger charge is 2.37. The maximum atomic E-state index is 14.1. The molecule has 0 fully saturated rings. The van der Waals surface area contributed by atoms with Gasteiger partial charge < -0.3 is 19.1 Å². The fourth-order valence-corrected chi connectivity index (χ4v) is 6.57. The smallest absolute Gasteiger partial charge is 0.263 e. The van der Waals surface area contributed by atoms with Crippen LogP contribution in [-0.2, 0) is 4.79 Å². The van der Waals surface area contributed by atoms with Crippen LogP contribution in [0.2, 0.25) is 0 Å². The fraction of sp³-hybridized carbons (Fsp3) is 0.345. The Hall–Kier alpha value is -3.50. The molecule has 2 aliphatic heterocycles. The van der Waals surface area contributed by atoms with Gasteiger partial charge in [-0.1, -0.05) is 36.0 Å². The Labute approximate surface area is 237 Å². The number of amides is 1. The zero-order valence-corrected chi connectivity index (χ0v) is 24.3. The molecule has 0 bridgehead atoms. The number of carbonyl (C=O) groups is 1. The van der Waals surface area contributed by atoms with Crippen LogP contribution in [0.25, 0.3) is 0 Å². The van der Waals surface area contributed by atoms with Crippen molar-refractivity contribution in [3.63, 3.8) is 0 Å². The summed E-state index contributed by atoms with van der Waals surface area (Å²) >= 11 is 3.26. The number of hydrazone groups is 1. The number of thioether (sulfide) groups is 1. The van der Waals surface area contributed by atoms with E-state index in [0.717, 1.165) is 32.8 Å². The molecule has 1 unspecified atom stereocenters. The van der Waals surface area contributed by atoms with Gasteiger partial charge in [0.2, 0.25) is 0 Å². The minimum absolute atomic E-state index is 0.0628. The third-order valence-electron chi connectivity index (χ3n) is 6.62. The summed E-state index contributed by atoms with van der Waals surface area (Å²) in [5.41, 5.74) is 2.38. The van der Waals surface area contributed by atoms with Gasteiger partial charge in [-0.15, -0.1) is 11.3 Å². The Balaban J connectivity index is 1.52. The Morgan fingerprint density at radius 2 is 1.79 bits per heavy atom. The van der Waals surface area contributed by atoms with Crippen molar-refractivity contribution in [2.75, 3.05) is 38.5 Å². The lowest BCUT2D eigenvalue weighted by molar-refractivity contribution is -0.131. The fourth-order valence-electron chi connectivity index (χ4n) is 4.67. The number of rotatable bonds is 8. The van der Waals surface area contributed by atoms with E-state index < -0.39 is 0 Å². The largest absolute Gasteiger partial charge is 0.495 e. The molecule has 1 atom stereocenters. The summed E-state index contributed by atoms with van der Waals surface area (Å²) in [5, 5.41) is 9.30. The zero-order chi connectivity index (χ0) is 27.6. The molecule has 2 aromatic carbocycles. The van der Waals surface area contributed by atoms with E-state index in [2.05, 4.69) is 13.8 Å². The first-order valence-electron chi connectivity index (χ1n) is 12.6. The van der Waals surface area contributed by atoms with E-state index in [1.807, 2.05) is 64.9 Å². The number of anilines is 1. The van der Waals surface area contributed by atoms with Crippen molar-refractivity contribution in [3.8, 4) is 17.2 Å². The summed E-state index contributed by atoms with van der Waals surface area (Å²) in [4.78, 5) is 22.1. The van der Waals surface area contributed by atoms with Crippen LogP contribution in [0.1, 0.15) is 36.8 Å². The first-order valence-corrected chi connectivity index (χ1v) is 14.5. The number of hydrogen-bond donors (Lipinski definition) is 0. The van der Waals surface area contributed by atoms with Crippen molar-refractivity contribution < 1.29 is 19.0 Å². The molecule has 204 valence electrons. The lowest BCUT2D eigenvalue weighted by Crippen LogP contribution is -2.40. The number of thiophene rings is 1. The first kappa shape index (κ1) is 27.1. The lowest BCUT2D eigenvalue weighted by atomic mass is 10.0. The third-order valence-corrected chi connectivity index (χ3v) is 8.96. The van der Waals surface area contributed by atoms with E-state index >= 15 is 0 Å². The SMILES string of the molecule is COc1ccc(C2CC(c3cccs3)=NN2C(=O)CN(C2=NC(C)(C)CS2)c2ccccc2OC)cc1OC. The molecule has 0 spiro atoms. The number of nitrogens with zero attached hydrogens (tertiary/aromatic N) is 4. The monoisotopic (exact) mass is 564 g/mol. The average molecular weight is 565 g/mol. The number of benzene rings is 2. The Morgan fingerprint density at radius 3 is 2.46 bits per heavy atom. The van der Waals surface area contributed by atoms with Gasteiger partial charge >= 0.3 is 0 Å². The van der Waals surface area contributed by atoms with Gasteiger partial charge in [0.25, 0.3) is 5.91 Å². The minimum atomic E-state index is -0.288. The molecule has 1 aromatic heterocycles. The number of para-hydroxylation sites is 2. The van der Waals surface area contributed by atoms with Crippen molar-refractivity contribution in [1.82, 2.24) is 5.01 Å². The molecule has 2 aliphatic rings. The molecule has 1 amide bonds. The quantitative estimate of drug-likeness (QED) is 0.342. The number of methoxy groups -OCH3 is 3. The van der Waals surface area contributed by atoms with Crippen LogP contribution in [0, 0.1) is 0 Å². The summed E-state index contributed by atoms with van der Waals surface area (Å²) in [6.07, 6.45) is 0.596. The second-order valence-electron chi connectivity index (χ2n) is 9.85. The highest BCUT2D eigenvalue weighted by Crippen LogP contribution is 2.39. The summed E-state index contributed by atoms with van der Waals surface area (Å²) in [7, 11) is 4.86. The molecule has 39 heavy (non-hydrogen) atoms. The Morgan fingerprint density at radius 1 is 1.03 bits per heavy atom. The van der Waals surface area contributed by atoms with Crippen LogP contribution < -0.4 is 19.1 Å². The van der Waals surface area contributed by atoms with Crippen molar-refractivity contribution in [2.45, 2.75) is 31.8 Å². The van der Waals surface area contributed by atoms with Gasteiger partial charge in [0, 0.05) is 12.2 Å². The maximum Gasteiger partial charge on any atom is 0.263 e. The van der Waals surface area contributed by atoms with E-state index in [4.69, 9.17) is 24.3 Å². The predicted molar refractivity (Wildman–Crippen MR) is 159 cm³/mol. The standard InChI is InChI=1S/C29H32N4O4S2/c1-29(2)18-39-28(30-29)32(21-9-6-7-10-23(21)35-3)17-27(34)33-22(16-20(31-33)26-11-8-14-38-26)19-12-13-24(36-4)25(15-19)37-5/h6-15,22H,16-18H2,1-5H3. The highest BCUT2D eigenvalue weighted by atomic mass is 32.2. The second-order valence-corrected chi connectivity index (χ2v) is 11.7. The number of amidine groups is 1. The molecule has 0 saturated heterocycles. The van der Waals surface area contributed by atoms with Gasteiger partial charge in [-0.05, 0) is 55.1 Å². The summed E-state index contributed by atoms with van der Waals surface area (Å²) in [5.74, 6) is 2.62. The van der Waals surface area contributed by atoms with Crippen LogP contribution in [-0.4, -0.2) is 61.0 Å². The molecule has 8 nitrogen and oxygen atoms in total. The highest BCUT2D eigenvalue weighted by molar-refractivity contribution is 8.14. The number of ether oxygens (including phenoxy) is 3. The summed E-state index contributed by atoms with van der Waals surface area (Å²) < 4.78 is 16.7. The first-order chi connectivity index (χ1) is 18.8. The molecule has 5 rings (SSSR count). The van der Waals surface area contributed by atoms with Gasteiger partial charge in [0.05, 0.1) is 49.2 Å². The molecule has 0 saturated carbocycles. The van der Waals surface area contributed by atoms with Gasteiger partial charge in [-0.3, -0.25) is 9.79 Å². The average Bonchev–Trinajstić information content (AvgIpc) is 3.71. The van der Waals surface area contributed by atoms with Crippen molar-refractivity contribution in [2.24, 2.45) is 10.1 Å². The Kier molecular flexibility index (Phi) is 7.86. The van der Waals surface area contributed by atoms with Crippen LogP contribution >= 0.6 is 23.1 Å². The third kappa shape index (κ3) is 5.62. The van der Waals surface area contributed by atoms with Crippen LogP contribution in [0.4, 0.5) is 5.69 Å². The van der Waals surface area contributed by atoms with E-state index in [0.29, 0.717) is 23.7 Å². The zero-order valence-electron chi connectivity index (χ0n) is 22.7. The number of aliphatic imine (C=N–C) groups is 1. The predicted octanol–water partition coefficient (Wildman–Crippen LogP) is 5.84. The van der Waals surface area contributed by atoms with E-state index in [-0.39, 0.29) is 24.0 Å². The molecule has 0 radical (unpaired) electrons. The maximum absolute atomic E-state index is 14.1. The van der Waals surface area contributed by atoms with Crippen molar-refractivity contribution in [3.05, 3.63) is 70.4 Å². The topological polar surface area (TPSA) is 76.0 Å². The van der Waals surface area contributed by atoms with Gasteiger partial charge in [0.15, 0.2) is 16.7 Å². The van der Waals surface area contributed by atoms with E-state index in [1.54, 1.807) is 49.4 Å². The molecule has 3 heterocycles. The minimum Gasteiger partial charge on any atom is -0.495 e. The molecule has 3 aromatic rings. The van der Waals surface area contributed by atoms with Crippen LogP contribution in [0.5, 0.6) is 17.2 Å². The number of carbonyl (C=O) groups excluding carboxylic acids is 1. The van der Waals surface area contributed by atoms with Crippen molar-refractivity contribution >= 4 is 45.6 Å². The summed E-state index contributed by atoms with van der Waals surface area (Å²) in [6, 6.07) is 17.2. The van der Waals surface area contributed by atoms with Crippen molar-refractivity contribution in [1.29, 1.82) is 0 Å². The molecule has 10 heteroatoms. The van der Waals surface area contributed by atoms with Crippen LogP contribution in [0.15, 0.2) is 70.1 Å². The van der Waals surface area contributed by atoms with E-state index in [1.165, 1.54) is 0 Å². The molecule has 0 N–H and O–H groups in total. The number of hydrogen-bond acceptors (Lipinski definition) is 9. The van der Waals surface area contributed by atoms with Gasteiger partial charge in [-0.25, -0.2) is 5.01 Å². The second kappa shape index (κ2) is 11.3. The molecule has 0 aliphatic carbocycles. The van der Waals surface area contributed by atoms with E-state index in [9.17, 15) is 4.79 Å². The molecular weight excluding hydrogens is 532 g/mol. The normalized spacial score (nSPS) is 18.0. The lowest BCUT2D eigenvalue weighted by Gasteiger charge is -2.29. The van der Waals surface area contributed by atoms with Crippen LogP contribution in [0.3, 0.4) is 0 Å². The Bertz CT molecular complexity index is 1400. The molecular formula is C29H32N4O4S2. The van der Waals surface area contributed by atoms with Gasteiger partial charge in [-0.2, -0.15) is 5.10 Å². The summed E-state index contributed by atoms with van der Waals surface area (Å²) in [6.45, 7) is 4.26. The van der Waals surface area contributed by atoms with Gasteiger partial charge in [0.1, 0.15) is 12.3 Å².